The van der Waals surface area contributed by atoms with E-state index in [0.717, 1.165) is 36.1 Å². The van der Waals surface area contributed by atoms with Crippen molar-refractivity contribution in [2.45, 2.75) is 18.2 Å². The lowest BCUT2D eigenvalue weighted by Crippen LogP contribution is -2.19. The molecule has 1 heterocycles. The predicted molar refractivity (Wildman–Crippen MR) is 79.4 cm³/mol. The second-order valence-electron chi connectivity index (χ2n) is 4.58. The van der Waals surface area contributed by atoms with E-state index in [4.69, 9.17) is 25.8 Å². The lowest BCUT2D eigenvalue weighted by Gasteiger charge is -2.27. The van der Waals surface area contributed by atoms with Crippen LogP contribution in [0.1, 0.15) is 23.8 Å². The Balaban J connectivity index is 2.27. The molecule has 0 radical (unpaired) electrons. The van der Waals surface area contributed by atoms with Crippen LogP contribution in [-0.4, -0.2) is 27.4 Å². The summed E-state index contributed by atoms with van der Waals surface area (Å²) in [6.45, 7) is 1.58. The molecule has 5 heteroatoms. The Morgan fingerprint density at radius 2 is 1.79 bits per heavy atom. The predicted octanol–water partition coefficient (Wildman–Crippen LogP) is 4.17. The van der Waals surface area contributed by atoms with Crippen LogP contribution < -0.4 is 9.47 Å². The number of methoxy groups -OCH3 is 2. The fourth-order valence-electron chi connectivity index (χ4n) is 2.34. The Bertz CT molecular complexity index is 433. The van der Waals surface area contributed by atoms with E-state index in [2.05, 4.69) is 15.9 Å². The molecule has 0 bridgehead atoms. The molecule has 106 valence electrons. The van der Waals surface area contributed by atoms with Gasteiger partial charge in [0.25, 0.3) is 0 Å². The minimum Gasteiger partial charge on any atom is -0.493 e. The van der Waals surface area contributed by atoms with Gasteiger partial charge in [0.1, 0.15) is 0 Å². The molecule has 1 unspecified atom stereocenters. The quantitative estimate of drug-likeness (QED) is 0.764. The zero-order chi connectivity index (χ0) is 13.8. The maximum absolute atomic E-state index is 6.63. The van der Waals surface area contributed by atoms with Crippen LogP contribution >= 0.6 is 27.5 Å². The van der Waals surface area contributed by atoms with E-state index in [1.165, 1.54) is 0 Å². The fraction of sp³-hybridized carbons (Fsp3) is 0.571. The first-order chi connectivity index (χ1) is 9.17. The van der Waals surface area contributed by atoms with E-state index in [1.807, 2.05) is 12.1 Å². The monoisotopic (exact) mass is 348 g/mol. The van der Waals surface area contributed by atoms with Gasteiger partial charge in [0, 0.05) is 17.7 Å². The number of alkyl halides is 1. The Morgan fingerprint density at radius 3 is 2.37 bits per heavy atom. The van der Waals surface area contributed by atoms with Gasteiger partial charge in [-0.1, -0.05) is 15.9 Å². The summed E-state index contributed by atoms with van der Waals surface area (Å²) in [5.41, 5.74) is 1.05. The minimum atomic E-state index is -0.0434. The maximum Gasteiger partial charge on any atom is 0.161 e. The minimum absolute atomic E-state index is 0.0434. The van der Waals surface area contributed by atoms with Crippen LogP contribution in [0.25, 0.3) is 0 Å². The summed E-state index contributed by atoms with van der Waals surface area (Å²) >= 11 is 10.2. The Hall–Kier alpha value is -0.450. The first-order valence-electron chi connectivity index (χ1n) is 6.30. The molecule has 1 atom stereocenters. The third-order valence-electron chi connectivity index (χ3n) is 3.48. The molecule has 3 nitrogen and oxygen atoms in total. The van der Waals surface area contributed by atoms with Crippen molar-refractivity contribution in [2.24, 2.45) is 5.92 Å². The van der Waals surface area contributed by atoms with E-state index in [-0.39, 0.29) is 5.38 Å². The number of hydrogen-bond acceptors (Lipinski definition) is 3. The lowest BCUT2D eigenvalue weighted by molar-refractivity contribution is 0.0650. The van der Waals surface area contributed by atoms with Crippen molar-refractivity contribution in [1.29, 1.82) is 0 Å². The number of benzene rings is 1. The van der Waals surface area contributed by atoms with Crippen molar-refractivity contribution in [3.8, 4) is 11.5 Å². The number of hydrogen-bond donors (Lipinski definition) is 0. The molecule has 0 N–H and O–H groups in total. The standard InChI is InChI=1S/C14H18BrClO3/c1-17-12-7-10(11(15)8-13(12)18-2)14(16)9-3-5-19-6-4-9/h7-9,14H,3-6H2,1-2H3. The van der Waals surface area contributed by atoms with Gasteiger partial charge in [-0.15, -0.1) is 11.6 Å². The number of rotatable bonds is 4. The van der Waals surface area contributed by atoms with Gasteiger partial charge < -0.3 is 14.2 Å². The zero-order valence-electron chi connectivity index (χ0n) is 11.1. The van der Waals surface area contributed by atoms with Gasteiger partial charge in [-0.05, 0) is 36.5 Å². The molecule has 1 aliphatic rings. The summed E-state index contributed by atoms with van der Waals surface area (Å²) < 4.78 is 17.0. The first kappa shape index (κ1) is 14.9. The summed E-state index contributed by atoms with van der Waals surface area (Å²) in [5, 5.41) is -0.0434. The van der Waals surface area contributed by atoms with Crippen LogP contribution in [-0.2, 0) is 4.74 Å². The van der Waals surface area contributed by atoms with Crippen LogP contribution in [0.3, 0.4) is 0 Å². The molecule has 0 amide bonds. The molecule has 0 aliphatic carbocycles. The van der Waals surface area contributed by atoms with Gasteiger partial charge in [0.2, 0.25) is 0 Å². The Kier molecular flexibility index (Phi) is 5.37. The number of halogens is 2. The smallest absolute Gasteiger partial charge is 0.161 e. The van der Waals surface area contributed by atoms with E-state index < -0.39 is 0 Å². The van der Waals surface area contributed by atoms with E-state index in [1.54, 1.807) is 14.2 Å². The molecule has 1 aliphatic heterocycles. The molecule has 1 aromatic carbocycles. The van der Waals surface area contributed by atoms with Crippen molar-refractivity contribution < 1.29 is 14.2 Å². The molecular weight excluding hydrogens is 332 g/mol. The molecule has 1 fully saturated rings. The first-order valence-corrected chi connectivity index (χ1v) is 7.53. The molecule has 1 aromatic rings. The van der Waals surface area contributed by atoms with Crippen LogP contribution in [0.2, 0.25) is 0 Å². The molecule has 19 heavy (non-hydrogen) atoms. The van der Waals surface area contributed by atoms with Gasteiger partial charge in [0.15, 0.2) is 11.5 Å². The second-order valence-corrected chi connectivity index (χ2v) is 5.90. The van der Waals surface area contributed by atoms with E-state index in [9.17, 15) is 0 Å². The van der Waals surface area contributed by atoms with Crippen LogP contribution in [0.5, 0.6) is 11.5 Å². The topological polar surface area (TPSA) is 27.7 Å². The van der Waals surface area contributed by atoms with Crippen molar-refractivity contribution in [3.05, 3.63) is 22.2 Å². The average molecular weight is 350 g/mol. The third kappa shape index (κ3) is 3.36. The van der Waals surface area contributed by atoms with E-state index >= 15 is 0 Å². The van der Waals surface area contributed by atoms with Crippen molar-refractivity contribution in [3.63, 3.8) is 0 Å². The highest BCUT2D eigenvalue weighted by atomic mass is 79.9. The van der Waals surface area contributed by atoms with Gasteiger partial charge in [-0.25, -0.2) is 0 Å². The highest BCUT2D eigenvalue weighted by Gasteiger charge is 2.26. The van der Waals surface area contributed by atoms with Gasteiger partial charge in [-0.2, -0.15) is 0 Å². The summed E-state index contributed by atoms with van der Waals surface area (Å²) in [6.07, 6.45) is 1.99. The molecule has 2 rings (SSSR count). The Labute approximate surface area is 127 Å². The fourth-order valence-corrected chi connectivity index (χ4v) is 3.48. The number of ether oxygens (including phenoxy) is 3. The molecule has 0 aromatic heterocycles. The Morgan fingerprint density at radius 1 is 1.21 bits per heavy atom. The average Bonchev–Trinajstić information content (AvgIpc) is 2.47. The van der Waals surface area contributed by atoms with Gasteiger partial charge >= 0.3 is 0 Å². The molecular formula is C14H18BrClO3. The van der Waals surface area contributed by atoms with Crippen molar-refractivity contribution in [2.75, 3.05) is 27.4 Å². The molecule has 1 saturated heterocycles. The SMILES string of the molecule is COc1cc(Br)c(C(Cl)C2CCOCC2)cc1OC. The summed E-state index contributed by atoms with van der Waals surface area (Å²) in [7, 11) is 3.26. The van der Waals surface area contributed by atoms with Crippen molar-refractivity contribution in [1.82, 2.24) is 0 Å². The van der Waals surface area contributed by atoms with Crippen LogP contribution in [0.15, 0.2) is 16.6 Å². The zero-order valence-corrected chi connectivity index (χ0v) is 13.5. The van der Waals surface area contributed by atoms with Gasteiger partial charge in [-0.3, -0.25) is 0 Å². The van der Waals surface area contributed by atoms with Gasteiger partial charge in [0.05, 0.1) is 19.6 Å². The second kappa shape index (κ2) is 6.82. The summed E-state index contributed by atoms with van der Waals surface area (Å²) in [4.78, 5) is 0. The van der Waals surface area contributed by atoms with Crippen LogP contribution in [0.4, 0.5) is 0 Å². The van der Waals surface area contributed by atoms with Crippen LogP contribution in [0, 0.1) is 5.92 Å². The lowest BCUT2D eigenvalue weighted by atomic mass is 9.91. The summed E-state index contributed by atoms with van der Waals surface area (Å²) in [6, 6.07) is 3.86. The maximum atomic E-state index is 6.63. The van der Waals surface area contributed by atoms with Crippen molar-refractivity contribution >= 4 is 27.5 Å². The highest BCUT2D eigenvalue weighted by Crippen LogP contribution is 2.43. The highest BCUT2D eigenvalue weighted by molar-refractivity contribution is 9.10. The molecule has 0 spiro atoms. The molecule has 0 saturated carbocycles. The third-order valence-corrected chi connectivity index (χ3v) is 4.76. The largest absolute Gasteiger partial charge is 0.493 e. The van der Waals surface area contributed by atoms with E-state index in [0.29, 0.717) is 17.4 Å². The normalized spacial score (nSPS) is 18.1. The summed E-state index contributed by atoms with van der Waals surface area (Å²) in [5.74, 6) is 1.84.